The summed E-state index contributed by atoms with van der Waals surface area (Å²) in [5, 5.41) is 11.7. The van der Waals surface area contributed by atoms with E-state index in [-0.39, 0.29) is 17.1 Å². The molecule has 2 heterocycles. The number of pyridine rings is 1. The van der Waals surface area contributed by atoms with Crippen LogP contribution < -0.4 is 5.32 Å². The Morgan fingerprint density at radius 2 is 2.20 bits per heavy atom. The lowest BCUT2D eigenvalue weighted by atomic mass is 10.3. The van der Waals surface area contributed by atoms with E-state index in [1.54, 1.807) is 6.07 Å². The molecule has 0 aliphatic carbocycles. The number of aromatic nitrogens is 1. The van der Waals surface area contributed by atoms with Gasteiger partial charge >= 0.3 is 5.97 Å². The lowest BCUT2D eigenvalue weighted by Gasteiger charge is -2.04. The molecule has 0 aliphatic rings. The molecular formula is C12H12N2O5S. The van der Waals surface area contributed by atoms with E-state index in [1.807, 2.05) is 0 Å². The normalized spacial score (nSPS) is 11.2. The van der Waals surface area contributed by atoms with Gasteiger partial charge in [0.25, 0.3) is 0 Å². The Hall–Kier alpha value is -2.35. The van der Waals surface area contributed by atoms with Crippen molar-refractivity contribution in [2.75, 3.05) is 11.6 Å². The van der Waals surface area contributed by atoms with Crippen molar-refractivity contribution in [1.29, 1.82) is 0 Å². The molecule has 0 saturated heterocycles. The SMILES string of the molecule is CS(=O)(=O)c1ccc(NCc2cc(C(=O)O)co2)cn1. The van der Waals surface area contributed by atoms with Crippen molar-refractivity contribution >= 4 is 21.5 Å². The molecule has 0 fully saturated rings. The Labute approximate surface area is 115 Å². The molecule has 20 heavy (non-hydrogen) atoms. The van der Waals surface area contributed by atoms with Crippen LogP contribution in [-0.4, -0.2) is 30.7 Å². The van der Waals surface area contributed by atoms with Crippen molar-refractivity contribution in [3.63, 3.8) is 0 Å². The average Bonchev–Trinajstić information content (AvgIpc) is 2.85. The number of carboxylic acid groups (broad SMARTS) is 1. The molecule has 2 aromatic rings. The summed E-state index contributed by atoms with van der Waals surface area (Å²) in [5.41, 5.74) is 0.679. The first-order valence-electron chi connectivity index (χ1n) is 5.57. The Morgan fingerprint density at radius 1 is 1.45 bits per heavy atom. The zero-order chi connectivity index (χ0) is 14.8. The second-order valence-electron chi connectivity index (χ2n) is 4.12. The fraction of sp³-hybridized carbons (Fsp3) is 0.167. The standard InChI is InChI=1S/C12H12N2O5S/c1-20(17,18)11-3-2-9(5-14-11)13-6-10-4-8(7-19-10)12(15)16/h2-5,7,13H,6H2,1H3,(H,15,16). The third-order valence-corrected chi connectivity index (χ3v) is 3.48. The summed E-state index contributed by atoms with van der Waals surface area (Å²) in [7, 11) is -3.32. The van der Waals surface area contributed by atoms with E-state index in [1.165, 1.54) is 18.3 Å². The number of nitrogens with zero attached hydrogens (tertiary/aromatic N) is 1. The number of sulfone groups is 1. The van der Waals surface area contributed by atoms with Gasteiger partial charge in [-0.05, 0) is 18.2 Å². The minimum atomic E-state index is -3.32. The first kappa shape index (κ1) is 14.1. The van der Waals surface area contributed by atoms with Gasteiger partial charge < -0.3 is 14.8 Å². The second-order valence-corrected chi connectivity index (χ2v) is 6.08. The molecule has 0 amide bonds. The molecular weight excluding hydrogens is 284 g/mol. The molecule has 0 radical (unpaired) electrons. The van der Waals surface area contributed by atoms with Crippen LogP contribution in [0.25, 0.3) is 0 Å². The molecule has 0 aliphatic heterocycles. The van der Waals surface area contributed by atoms with Crippen LogP contribution in [0.15, 0.2) is 40.1 Å². The number of rotatable bonds is 5. The molecule has 8 heteroatoms. The van der Waals surface area contributed by atoms with Crippen molar-refractivity contribution in [1.82, 2.24) is 4.98 Å². The minimum Gasteiger partial charge on any atom is -0.478 e. The summed E-state index contributed by atoms with van der Waals surface area (Å²) in [4.78, 5) is 14.5. The number of anilines is 1. The van der Waals surface area contributed by atoms with Crippen molar-refractivity contribution in [3.05, 3.63) is 42.0 Å². The zero-order valence-corrected chi connectivity index (χ0v) is 11.3. The molecule has 0 aromatic carbocycles. The van der Waals surface area contributed by atoms with Crippen molar-refractivity contribution in [3.8, 4) is 0 Å². The first-order valence-corrected chi connectivity index (χ1v) is 7.46. The van der Waals surface area contributed by atoms with Gasteiger partial charge in [0.1, 0.15) is 12.0 Å². The molecule has 2 N–H and O–H groups in total. The largest absolute Gasteiger partial charge is 0.478 e. The summed E-state index contributed by atoms with van der Waals surface area (Å²) in [5.74, 6) is -0.603. The van der Waals surface area contributed by atoms with Crippen LogP contribution in [0.4, 0.5) is 5.69 Å². The number of aromatic carboxylic acids is 1. The first-order chi connectivity index (χ1) is 9.36. The highest BCUT2D eigenvalue weighted by atomic mass is 32.2. The third-order valence-electron chi connectivity index (χ3n) is 2.48. The molecule has 0 bridgehead atoms. The summed E-state index contributed by atoms with van der Waals surface area (Å²) in [6, 6.07) is 4.38. The quantitative estimate of drug-likeness (QED) is 0.857. The van der Waals surface area contributed by atoms with Crippen molar-refractivity contribution < 1.29 is 22.7 Å². The molecule has 2 aromatic heterocycles. The predicted octanol–water partition coefficient (Wildman–Crippen LogP) is 1.39. The lowest BCUT2D eigenvalue weighted by molar-refractivity contribution is 0.0696. The van der Waals surface area contributed by atoms with Crippen LogP contribution in [-0.2, 0) is 16.4 Å². The zero-order valence-electron chi connectivity index (χ0n) is 10.5. The minimum absolute atomic E-state index is 0.00536. The average molecular weight is 296 g/mol. The topological polar surface area (TPSA) is 110 Å². The monoisotopic (exact) mass is 296 g/mol. The Kier molecular flexibility index (Phi) is 3.75. The number of furan rings is 1. The van der Waals surface area contributed by atoms with Crippen molar-refractivity contribution in [2.45, 2.75) is 11.6 Å². The van der Waals surface area contributed by atoms with Gasteiger partial charge in [-0.2, -0.15) is 0 Å². The van der Waals surface area contributed by atoms with E-state index >= 15 is 0 Å². The van der Waals surface area contributed by atoms with Crippen LogP contribution in [0.5, 0.6) is 0 Å². The van der Waals surface area contributed by atoms with E-state index in [9.17, 15) is 13.2 Å². The summed E-state index contributed by atoms with van der Waals surface area (Å²) in [6.45, 7) is 0.271. The van der Waals surface area contributed by atoms with Crippen LogP contribution in [0.3, 0.4) is 0 Å². The highest BCUT2D eigenvalue weighted by Crippen LogP contribution is 2.13. The smallest absolute Gasteiger partial charge is 0.338 e. The molecule has 0 spiro atoms. The van der Waals surface area contributed by atoms with E-state index in [0.29, 0.717) is 11.4 Å². The van der Waals surface area contributed by atoms with Gasteiger partial charge in [-0.25, -0.2) is 18.2 Å². The van der Waals surface area contributed by atoms with Gasteiger partial charge in [0.05, 0.1) is 24.0 Å². The Bertz CT molecular complexity index is 719. The maximum absolute atomic E-state index is 11.2. The molecule has 7 nitrogen and oxygen atoms in total. The number of hydrogen-bond acceptors (Lipinski definition) is 6. The van der Waals surface area contributed by atoms with E-state index in [4.69, 9.17) is 9.52 Å². The summed E-state index contributed by atoms with van der Waals surface area (Å²) in [6.07, 6.45) is 3.63. The highest BCUT2D eigenvalue weighted by molar-refractivity contribution is 7.90. The maximum atomic E-state index is 11.2. The van der Waals surface area contributed by atoms with Gasteiger partial charge in [0.15, 0.2) is 14.9 Å². The van der Waals surface area contributed by atoms with E-state index < -0.39 is 15.8 Å². The molecule has 106 valence electrons. The van der Waals surface area contributed by atoms with Gasteiger partial charge in [-0.15, -0.1) is 0 Å². The molecule has 0 atom stereocenters. The predicted molar refractivity (Wildman–Crippen MR) is 70.3 cm³/mol. The van der Waals surface area contributed by atoms with Gasteiger partial charge in [-0.3, -0.25) is 0 Å². The van der Waals surface area contributed by atoms with Gasteiger partial charge in [0.2, 0.25) is 0 Å². The fourth-order valence-electron chi connectivity index (χ4n) is 1.48. The number of hydrogen-bond donors (Lipinski definition) is 2. The van der Waals surface area contributed by atoms with Crippen molar-refractivity contribution in [2.24, 2.45) is 0 Å². The fourth-order valence-corrected chi connectivity index (χ4v) is 2.04. The van der Waals surface area contributed by atoms with Crippen LogP contribution in [0.2, 0.25) is 0 Å². The third kappa shape index (κ3) is 3.35. The number of carbonyl (C=O) groups is 1. The molecule has 2 rings (SSSR count). The number of carboxylic acids is 1. The number of nitrogens with one attached hydrogen (secondary N) is 1. The second kappa shape index (κ2) is 5.33. The Morgan fingerprint density at radius 3 is 2.70 bits per heavy atom. The van der Waals surface area contributed by atoms with Gasteiger partial charge in [0, 0.05) is 6.26 Å². The maximum Gasteiger partial charge on any atom is 0.338 e. The lowest BCUT2D eigenvalue weighted by Crippen LogP contribution is -2.03. The highest BCUT2D eigenvalue weighted by Gasteiger charge is 2.09. The van der Waals surface area contributed by atoms with Crippen LogP contribution in [0, 0.1) is 0 Å². The van der Waals surface area contributed by atoms with E-state index in [0.717, 1.165) is 12.5 Å². The summed E-state index contributed by atoms with van der Waals surface area (Å²) < 4.78 is 27.5. The summed E-state index contributed by atoms with van der Waals surface area (Å²) >= 11 is 0. The van der Waals surface area contributed by atoms with Crippen LogP contribution in [0.1, 0.15) is 16.1 Å². The van der Waals surface area contributed by atoms with E-state index in [2.05, 4.69) is 10.3 Å². The molecule has 0 saturated carbocycles. The molecule has 0 unspecified atom stereocenters. The Balaban J connectivity index is 2.02. The van der Waals surface area contributed by atoms with Crippen LogP contribution >= 0.6 is 0 Å². The van der Waals surface area contributed by atoms with Gasteiger partial charge in [-0.1, -0.05) is 0 Å².